The number of para-hydroxylation sites is 1. The van der Waals surface area contributed by atoms with Crippen LogP contribution in [0.1, 0.15) is 24.6 Å². The lowest BCUT2D eigenvalue weighted by Crippen LogP contribution is -2.29. The van der Waals surface area contributed by atoms with E-state index in [1.165, 1.54) is 23.1 Å². The van der Waals surface area contributed by atoms with Gasteiger partial charge >= 0.3 is 0 Å². The van der Waals surface area contributed by atoms with E-state index in [-0.39, 0.29) is 0 Å². The van der Waals surface area contributed by atoms with E-state index in [9.17, 15) is 0 Å². The Labute approximate surface area is 115 Å². The predicted molar refractivity (Wildman–Crippen MR) is 77.8 cm³/mol. The number of aromatic nitrogens is 3. The van der Waals surface area contributed by atoms with E-state index in [0.29, 0.717) is 5.92 Å². The van der Waals surface area contributed by atoms with Gasteiger partial charge in [-0.2, -0.15) is 0 Å². The number of benzene rings is 1. The van der Waals surface area contributed by atoms with Gasteiger partial charge in [-0.15, -0.1) is 10.2 Å². The highest BCUT2D eigenvalue weighted by Gasteiger charge is 2.24. The van der Waals surface area contributed by atoms with Crippen LogP contribution in [0, 0.1) is 0 Å². The van der Waals surface area contributed by atoms with Gasteiger partial charge in [-0.1, -0.05) is 23.5 Å². The summed E-state index contributed by atoms with van der Waals surface area (Å²) in [5.74, 6) is 1.70. The maximum Gasteiger partial charge on any atom is 0.217 e. The molecule has 1 fully saturated rings. The van der Waals surface area contributed by atoms with Crippen LogP contribution in [0.3, 0.4) is 0 Å². The van der Waals surface area contributed by atoms with Crippen LogP contribution in [0.5, 0.6) is 0 Å². The zero-order valence-corrected chi connectivity index (χ0v) is 11.7. The summed E-state index contributed by atoms with van der Waals surface area (Å²) in [5, 5.41) is 8.83. The number of nitrogens with zero attached hydrogens (tertiary/aromatic N) is 4. The number of fused-ring (bicyclic) bond motifs is 3. The number of hydrogen-bond acceptors (Lipinski definition) is 4. The van der Waals surface area contributed by atoms with Crippen molar-refractivity contribution in [3.63, 3.8) is 0 Å². The summed E-state index contributed by atoms with van der Waals surface area (Å²) >= 11 is 1.73. The molecule has 0 spiro atoms. The number of piperidine rings is 1. The molecule has 0 N–H and O–H groups in total. The highest BCUT2D eigenvalue weighted by molar-refractivity contribution is 7.23. The van der Waals surface area contributed by atoms with Crippen LogP contribution in [0.15, 0.2) is 24.3 Å². The Morgan fingerprint density at radius 2 is 1.95 bits per heavy atom. The maximum absolute atomic E-state index is 4.46. The summed E-state index contributed by atoms with van der Waals surface area (Å²) in [7, 11) is 2.19. The Morgan fingerprint density at radius 1 is 1.16 bits per heavy atom. The van der Waals surface area contributed by atoms with Crippen molar-refractivity contribution in [2.24, 2.45) is 0 Å². The molecule has 1 aromatic carbocycles. The van der Waals surface area contributed by atoms with Gasteiger partial charge in [-0.3, -0.25) is 4.40 Å². The van der Waals surface area contributed by atoms with Gasteiger partial charge in [-0.25, -0.2) is 0 Å². The summed E-state index contributed by atoms with van der Waals surface area (Å²) in [5.41, 5.74) is 1.25. The molecule has 98 valence electrons. The van der Waals surface area contributed by atoms with E-state index in [1.54, 1.807) is 11.3 Å². The van der Waals surface area contributed by atoms with Crippen LogP contribution in [0.2, 0.25) is 0 Å². The molecule has 5 heteroatoms. The normalized spacial score (nSPS) is 18.6. The molecule has 0 atom stereocenters. The first-order valence-corrected chi connectivity index (χ1v) is 7.55. The second-order valence-electron chi connectivity index (χ2n) is 5.32. The van der Waals surface area contributed by atoms with Gasteiger partial charge in [0.25, 0.3) is 0 Å². The average Bonchev–Trinajstić information content (AvgIpc) is 2.98. The van der Waals surface area contributed by atoms with Crippen molar-refractivity contribution in [3.05, 3.63) is 30.1 Å². The minimum Gasteiger partial charge on any atom is -0.306 e. The van der Waals surface area contributed by atoms with Crippen LogP contribution in [0.25, 0.3) is 15.2 Å². The monoisotopic (exact) mass is 272 g/mol. The summed E-state index contributed by atoms with van der Waals surface area (Å²) in [6.07, 6.45) is 2.36. The van der Waals surface area contributed by atoms with Crippen LogP contribution >= 0.6 is 11.3 Å². The Kier molecular flexibility index (Phi) is 2.56. The van der Waals surface area contributed by atoms with Gasteiger partial charge < -0.3 is 4.90 Å². The first-order valence-electron chi connectivity index (χ1n) is 6.74. The topological polar surface area (TPSA) is 33.4 Å². The average molecular weight is 272 g/mol. The van der Waals surface area contributed by atoms with E-state index in [2.05, 4.69) is 50.8 Å². The summed E-state index contributed by atoms with van der Waals surface area (Å²) in [6.45, 7) is 2.31. The van der Waals surface area contributed by atoms with E-state index >= 15 is 0 Å². The third-order valence-corrected chi connectivity index (χ3v) is 5.06. The summed E-state index contributed by atoms with van der Waals surface area (Å²) in [6, 6.07) is 8.50. The third kappa shape index (κ3) is 1.76. The molecule has 1 saturated heterocycles. The predicted octanol–water partition coefficient (Wildman–Crippen LogP) is 2.75. The second kappa shape index (κ2) is 4.28. The highest BCUT2D eigenvalue weighted by Crippen LogP contribution is 2.32. The zero-order valence-electron chi connectivity index (χ0n) is 10.9. The SMILES string of the molecule is CN1CCC(c2nnc3sc4ccccc4n23)CC1. The second-order valence-corrected chi connectivity index (χ2v) is 6.33. The van der Waals surface area contributed by atoms with E-state index in [0.717, 1.165) is 23.9 Å². The molecule has 19 heavy (non-hydrogen) atoms. The van der Waals surface area contributed by atoms with Gasteiger partial charge in [0, 0.05) is 5.92 Å². The highest BCUT2D eigenvalue weighted by atomic mass is 32.1. The number of likely N-dealkylation sites (tertiary alicyclic amines) is 1. The Morgan fingerprint density at radius 3 is 2.79 bits per heavy atom. The van der Waals surface area contributed by atoms with Crippen molar-refractivity contribution < 1.29 is 0 Å². The largest absolute Gasteiger partial charge is 0.306 e. The molecule has 0 radical (unpaired) electrons. The molecule has 0 saturated carbocycles. The molecule has 4 nitrogen and oxygen atoms in total. The Bertz CT molecular complexity index is 721. The van der Waals surface area contributed by atoms with E-state index < -0.39 is 0 Å². The van der Waals surface area contributed by atoms with Gasteiger partial charge in [0.1, 0.15) is 5.82 Å². The molecule has 3 aromatic rings. The third-order valence-electron chi connectivity index (χ3n) is 4.05. The molecule has 2 aromatic heterocycles. The molecular formula is C14H16N4S. The molecule has 0 amide bonds. The van der Waals surface area contributed by atoms with Crippen molar-refractivity contribution in [3.8, 4) is 0 Å². The van der Waals surface area contributed by atoms with Crippen LogP contribution in [-0.2, 0) is 0 Å². The van der Waals surface area contributed by atoms with Crippen LogP contribution in [-0.4, -0.2) is 39.6 Å². The maximum atomic E-state index is 4.46. The first kappa shape index (κ1) is 11.4. The Balaban J connectivity index is 1.85. The summed E-state index contributed by atoms with van der Waals surface area (Å²) < 4.78 is 3.55. The van der Waals surface area contributed by atoms with Gasteiger partial charge in [0.05, 0.1) is 10.2 Å². The van der Waals surface area contributed by atoms with Gasteiger partial charge in [-0.05, 0) is 45.1 Å². The lowest BCUT2D eigenvalue weighted by Gasteiger charge is -2.27. The molecule has 0 aliphatic carbocycles. The first-order chi connectivity index (χ1) is 9.33. The fourth-order valence-corrected chi connectivity index (χ4v) is 3.90. The molecule has 1 aliphatic rings. The Hall–Kier alpha value is -1.46. The molecule has 1 aliphatic heterocycles. The molecule has 4 rings (SSSR count). The zero-order chi connectivity index (χ0) is 12.8. The van der Waals surface area contributed by atoms with Crippen molar-refractivity contribution in [1.29, 1.82) is 0 Å². The summed E-state index contributed by atoms with van der Waals surface area (Å²) in [4.78, 5) is 3.41. The fourth-order valence-electron chi connectivity index (χ4n) is 2.93. The molecule has 0 bridgehead atoms. The smallest absolute Gasteiger partial charge is 0.217 e. The van der Waals surface area contributed by atoms with Crippen LogP contribution in [0.4, 0.5) is 0 Å². The molecular weight excluding hydrogens is 256 g/mol. The minimum absolute atomic E-state index is 0.546. The standard InChI is InChI=1S/C14H16N4S/c1-17-8-6-10(7-9-17)13-15-16-14-18(13)11-4-2-3-5-12(11)19-14/h2-5,10H,6-9H2,1H3. The van der Waals surface area contributed by atoms with Gasteiger partial charge in [0.2, 0.25) is 4.96 Å². The van der Waals surface area contributed by atoms with Gasteiger partial charge in [0.15, 0.2) is 0 Å². The number of rotatable bonds is 1. The van der Waals surface area contributed by atoms with Crippen molar-refractivity contribution >= 4 is 26.5 Å². The van der Waals surface area contributed by atoms with Crippen LogP contribution < -0.4 is 0 Å². The number of thiazole rings is 1. The quantitative estimate of drug-likeness (QED) is 0.683. The fraction of sp³-hybridized carbons (Fsp3) is 0.429. The van der Waals surface area contributed by atoms with Crippen molar-refractivity contribution in [2.75, 3.05) is 20.1 Å². The van der Waals surface area contributed by atoms with Crippen molar-refractivity contribution in [2.45, 2.75) is 18.8 Å². The molecule has 3 heterocycles. The lowest BCUT2D eigenvalue weighted by molar-refractivity contribution is 0.251. The molecule has 0 unspecified atom stereocenters. The van der Waals surface area contributed by atoms with Crippen molar-refractivity contribution in [1.82, 2.24) is 19.5 Å². The number of hydrogen-bond donors (Lipinski definition) is 0. The lowest BCUT2D eigenvalue weighted by atomic mass is 9.96. The van der Waals surface area contributed by atoms with E-state index in [4.69, 9.17) is 0 Å². The minimum atomic E-state index is 0.546. The van der Waals surface area contributed by atoms with E-state index in [1.807, 2.05) is 0 Å².